The number of carbonyl (C=O) groups excluding carboxylic acids is 1. The van der Waals surface area contributed by atoms with E-state index in [0.29, 0.717) is 3.57 Å². The van der Waals surface area contributed by atoms with Gasteiger partial charge in [0, 0.05) is 28.8 Å². The number of nitrogens with one attached hydrogen (secondary N) is 1. The van der Waals surface area contributed by atoms with Crippen molar-refractivity contribution >= 4 is 45.8 Å². The number of hydrogen-bond acceptors (Lipinski definition) is 5. The molecule has 2 heterocycles. The highest BCUT2D eigenvalue weighted by atomic mass is 127. The smallest absolute Gasteiger partial charge is 0.255 e. The summed E-state index contributed by atoms with van der Waals surface area (Å²) in [6.45, 7) is 0. The van der Waals surface area contributed by atoms with E-state index < -0.39 is 23.1 Å². The monoisotopic (exact) mass is 511 g/mol. The Hall–Kier alpha value is -3.02. The summed E-state index contributed by atoms with van der Waals surface area (Å²) in [4.78, 5) is 28.5. The Balaban J connectivity index is 2.10. The predicted octanol–water partition coefficient (Wildman–Crippen LogP) is 2.68. The van der Waals surface area contributed by atoms with Gasteiger partial charge in [-0.15, -0.1) is 0 Å². The quantitative estimate of drug-likeness (QED) is 0.456. The van der Waals surface area contributed by atoms with Crippen LogP contribution in [0.2, 0.25) is 0 Å². The van der Waals surface area contributed by atoms with Crippen LogP contribution in [0, 0.1) is 15.2 Å². The lowest BCUT2D eigenvalue weighted by atomic mass is 10.0. The van der Waals surface area contributed by atoms with Crippen LogP contribution in [0.5, 0.6) is 0 Å². The number of benzene rings is 1. The summed E-state index contributed by atoms with van der Waals surface area (Å²) in [5, 5.41) is 2.75. The molecule has 7 nitrogen and oxygen atoms in total. The number of halogens is 3. The van der Waals surface area contributed by atoms with Crippen LogP contribution in [-0.4, -0.2) is 15.5 Å². The molecule has 0 saturated heterocycles. The first kappa shape index (κ1) is 20.7. The second-order valence-electron chi connectivity index (χ2n) is 6.26. The number of anilines is 3. The summed E-state index contributed by atoms with van der Waals surface area (Å²) in [6.07, 6.45) is 1.20. The first-order valence-electron chi connectivity index (χ1n) is 8.32. The van der Waals surface area contributed by atoms with E-state index in [2.05, 4.69) is 10.3 Å². The summed E-state index contributed by atoms with van der Waals surface area (Å²) >= 11 is 1.96. The molecular weight excluding hydrogens is 495 g/mol. The Kier molecular flexibility index (Phi) is 5.82. The maximum Gasteiger partial charge on any atom is 0.255 e. The fourth-order valence-electron chi connectivity index (χ4n) is 2.83. The molecule has 2 aromatic heterocycles. The SMILES string of the molecule is Cn1c(Nc2ccc(I)cc2F)c(C(N)=O)cc(Cc2ccnc(N)c2F)c1=O. The minimum atomic E-state index is -0.829. The van der Waals surface area contributed by atoms with Gasteiger partial charge in [-0.05, 0) is 58.5 Å². The van der Waals surface area contributed by atoms with Gasteiger partial charge in [0.15, 0.2) is 11.6 Å². The lowest BCUT2D eigenvalue weighted by Crippen LogP contribution is -2.28. The van der Waals surface area contributed by atoms with Crippen LogP contribution in [-0.2, 0) is 13.5 Å². The molecule has 29 heavy (non-hydrogen) atoms. The van der Waals surface area contributed by atoms with Crippen molar-refractivity contribution < 1.29 is 13.6 Å². The molecule has 0 bridgehead atoms. The summed E-state index contributed by atoms with van der Waals surface area (Å²) in [6, 6.07) is 7.11. The summed E-state index contributed by atoms with van der Waals surface area (Å²) in [5.74, 6) is -2.38. The van der Waals surface area contributed by atoms with Gasteiger partial charge in [0.05, 0.1) is 11.3 Å². The van der Waals surface area contributed by atoms with Crippen LogP contribution < -0.4 is 22.3 Å². The van der Waals surface area contributed by atoms with Gasteiger partial charge in [0.25, 0.3) is 11.5 Å². The van der Waals surface area contributed by atoms with Crippen LogP contribution in [0.4, 0.5) is 26.1 Å². The minimum Gasteiger partial charge on any atom is -0.381 e. The molecule has 0 radical (unpaired) electrons. The third-order valence-electron chi connectivity index (χ3n) is 4.32. The molecule has 150 valence electrons. The molecule has 0 aliphatic carbocycles. The average molecular weight is 511 g/mol. The number of nitrogen functional groups attached to an aromatic ring is 1. The van der Waals surface area contributed by atoms with E-state index in [-0.39, 0.29) is 40.4 Å². The average Bonchev–Trinajstić information content (AvgIpc) is 2.66. The first-order valence-corrected chi connectivity index (χ1v) is 9.40. The highest BCUT2D eigenvalue weighted by Crippen LogP contribution is 2.25. The number of amides is 1. The fraction of sp³-hybridized carbons (Fsp3) is 0.105. The van der Waals surface area contributed by atoms with Crippen LogP contribution in [0.3, 0.4) is 0 Å². The second-order valence-corrected chi connectivity index (χ2v) is 7.50. The number of aromatic nitrogens is 2. The Morgan fingerprint density at radius 1 is 1.24 bits per heavy atom. The molecule has 3 aromatic rings. The second kappa shape index (κ2) is 8.15. The van der Waals surface area contributed by atoms with Crippen molar-refractivity contribution in [2.24, 2.45) is 12.8 Å². The van der Waals surface area contributed by atoms with E-state index in [9.17, 15) is 18.4 Å². The molecule has 0 aliphatic heterocycles. The molecule has 3 rings (SSSR count). The number of primary amides is 1. The van der Waals surface area contributed by atoms with Crippen molar-refractivity contribution in [1.82, 2.24) is 9.55 Å². The molecule has 0 saturated carbocycles. The van der Waals surface area contributed by atoms with E-state index >= 15 is 0 Å². The van der Waals surface area contributed by atoms with Gasteiger partial charge in [0.1, 0.15) is 11.6 Å². The number of rotatable bonds is 5. The van der Waals surface area contributed by atoms with Gasteiger partial charge in [0.2, 0.25) is 0 Å². The zero-order valence-electron chi connectivity index (χ0n) is 15.2. The molecule has 1 aromatic carbocycles. The first-order chi connectivity index (χ1) is 13.7. The summed E-state index contributed by atoms with van der Waals surface area (Å²) < 4.78 is 30.2. The minimum absolute atomic E-state index is 0.0288. The van der Waals surface area contributed by atoms with Crippen molar-refractivity contribution in [2.75, 3.05) is 11.1 Å². The predicted molar refractivity (Wildman–Crippen MR) is 114 cm³/mol. The lowest BCUT2D eigenvalue weighted by molar-refractivity contribution is 0.100. The van der Waals surface area contributed by atoms with Gasteiger partial charge >= 0.3 is 0 Å². The van der Waals surface area contributed by atoms with Crippen molar-refractivity contribution in [3.63, 3.8) is 0 Å². The Morgan fingerprint density at radius 2 is 1.97 bits per heavy atom. The van der Waals surface area contributed by atoms with Crippen molar-refractivity contribution in [3.05, 3.63) is 78.8 Å². The molecule has 0 aliphatic rings. The fourth-order valence-corrected chi connectivity index (χ4v) is 3.28. The van der Waals surface area contributed by atoms with Crippen molar-refractivity contribution in [2.45, 2.75) is 6.42 Å². The van der Waals surface area contributed by atoms with Crippen LogP contribution in [0.15, 0.2) is 41.3 Å². The van der Waals surface area contributed by atoms with Crippen molar-refractivity contribution in [3.8, 4) is 0 Å². The third kappa shape index (κ3) is 4.21. The molecule has 1 amide bonds. The highest BCUT2D eigenvalue weighted by Gasteiger charge is 2.19. The number of nitrogens with two attached hydrogens (primary N) is 2. The lowest BCUT2D eigenvalue weighted by Gasteiger charge is -2.17. The molecule has 10 heteroatoms. The number of nitrogens with zero attached hydrogens (tertiary/aromatic N) is 2. The number of pyridine rings is 2. The van der Waals surface area contributed by atoms with E-state index in [1.807, 2.05) is 22.6 Å². The van der Waals surface area contributed by atoms with E-state index in [0.717, 1.165) is 4.57 Å². The third-order valence-corrected chi connectivity index (χ3v) is 4.99. The van der Waals surface area contributed by atoms with E-state index in [1.165, 1.54) is 37.5 Å². The highest BCUT2D eigenvalue weighted by molar-refractivity contribution is 14.1. The normalized spacial score (nSPS) is 10.8. The molecule has 0 atom stereocenters. The maximum absolute atomic E-state index is 14.2. The largest absolute Gasteiger partial charge is 0.381 e. The molecule has 5 N–H and O–H groups in total. The molecule has 0 unspecified atom stereocenters. The zero-order valence-corrected chi connectivity index (χ0v) is 17.3. The topological polar surface area (TPSA) is 116 Å². The van der Waals surface area contributed by atoms with Gasteiger partial charge in [-0.1, -0.05) is 0 Å². The van der Waals surface area contributed by atoms with Gasteiger partial charge in [-0.3, -0.25) is 14.2 Å². The number of carbonyl (C=O) groups is 1. The van der Waals surface area contributed by atoms with Gasteiger partial charge < -0.3 is 16.8 Å². The van der Waals surface area contributed by atoms with Crippen LogP contribution in [0.1, 0.15) is 21.5 Å². The van der Waals surface area contributed by atoms with Crippen LogP contribution >= 0.6 is 22.6 Å². The maximum atomic E-state index is 14.2. The van der Waals surface area contributed by atoms with Gasteiger partial charge in [-0.25, -0.2) is 13.8 Å². The van der Waals surface area contributed by atoms with E-state index in [4.69, 9.17) is 11.5 Å². The Bertz CT molecular complexity index is 1180. The molecular formula is C19H16F2IN5O2. The zero-order chi connectivity index (χ0) is 21.3. The Labute approximate surface area is 177 Å². The van der Waals surface area contributed by atoms with Crippen molar-refractivity contribution in [1.29, 1.82) is 0 Å². The molecule has 0 spiro atoms. The summed E-state index contributed by atoms with van der Waals surface area (Å²) in [5.41, 5.74) is 10.7. The molecule has 0 fully saturated rings. The van der Waals surface area contributed by atoms with E-state index in [1.54, 1.807) is 6.07 Å². The van der Waals surface area contributed by atoms with Crippen LogP contribution in [0.25, 0.3) is 0 Å². The summed E-state index contributed by atoms with van der Waals surface area (Å²) in [7, 11) is 1.41. The Morgan fingerprint density at radius 3 is 2.62 bits per heavy atom. The van der Waals surface area contributed by atoms with Gasteiger partial charge in [-0.2, -0.15) is 0 Å². The standard InChI is InChI=1S/C19H16F2IN5O2/c1-27-18(26-14-3-2-11(22)8-13(14)20)12(17(24)28)7-10(19(27)29)6-9-4-5-25-16(23)15(9)21/h2-5,7-8,26H,6H2,1H3,(H2,23,25)(H2,24,28). The number of hydrogen-bond donors (Lipinski definition) is 3.